The number of hydrogen-bond acceptors (Lipinski definition) is 4. The summed E-state index contributed by atoms with van der Waals surface area (Å²) in [4.78, 5) is 32.0. The fourth-order valence-electron chi connectivity index (χ4n) is 5.83. The Labute approximate surface area is 245 Å². The Hall–Kier alpha value is -3.95. The van der Waals surface area contributed by atoms with Gasteiger partial charge in [-0.05, 0) is 79.1 Å². The Morgan fingerprint density at radius 1 is 1.05 bits per heavy atom. The maximum atomic E-state index is 16.2. The van der Waals surface area contributed by atoms with Gasteiger partial charge in [0.1, 0.15) is 22.4 Å². The SMILES string of the molecule is Cc1cnc(-c2cccc(C(=O)N3CC(CO)C3)c2F)c(F)c1-n1c(C)cc([C@@H]2CC2c2ccc(F)cc2)c(Cl)c1=O. The van der Waals surface area contributed by atoms with E-state index in [0.717, 1.165) is 12.0 Å². The third kappa shape index (κ3) is 4.70. The van der Waals surface area contributed by atoms with Crippen LogP contribution in [0.4, 0.5) is 13.2 Å². The van der Waals surface area contributed by atoms with Gasteiger partial charge in [-0.1, -0.05) is 29.8 Å². The van der Waals surface area contributed by atoms with E-state index in [0.29, 0.717) is 29.9 Å². The highest BCUT2D eigenvalue weighted by molar-refractivity contribution is 6.31. The molecule has 2 aromatic carbocycles. The topological polar surface area (TPSA) is 75.4 Å². The summed E-state index contributed by atoms with van der Waals surface area (Å²) in [6.07, 6.45) is 2.09. The minimum Gasteiger partial charge on any atom is -0.396 e. The van der Waals surface area contributed by atoms with Crippen LogP contribution in [0.25, 0.3) is 16.9 Å². The number of hydrogen-bond donors (Lipinski definition) is 1. The number of benzene rings is 2. The quantitative estimate of drug-likeness (QED) is 0.301. The molecular weight excluding hydrogens is 567 g/mol. The number of likely N-dealkylation sites (tertiary alicyclic amines) is 1. The number of aliphatic hydroxyl groups excluding tert-OH is 1. The molecule has 1 unspecified atom stereocenters. The number of aromatic nitrogens is 2. The summed E-state index contributed by atoms with van der Waals surface area (Å²) in [6.45, 7) is 3.82. The van der Waals surface area contributed by atoms with Crippen LogP contribution in [-0.2, 0) is 0 Å². The summed E-state index contributed by atoms with van der Waals surface area (Å²) >= 11 is 6.60. The van der Waals surface area contributed by atoms with Crippen LogP contribution in [0.2, 0.25) is 5.02 Å². The number of carbonyl (C=O) groups is 1. The molecule has 216 valence electrons. The highest BCUT2D eigenvalue weighted by Gasteiger charge is 2.41. The zero-order chi connectivity index (χ0) is 29.9. The van der Waals surface area contributed by atoms with Crippen molar-refractivity contribution < 1.29 is 23.1 Å². The van der Waals surface area contributed by atoms with Crippen molar-refractivity contribution in [2.45, 2.75) is 32.1 Å². The molecular formula is C32H27ClF3N3O3. The van der Waals surface area contributed by atoms with Crippen LogP contribution in [0.15, 0.2) is 59.5 Å². The van der Waals surface area contributed by atoms with Crippen molar-refractivity contribution in [1.82, 2.24) is 14.5 Å². The van der Waals surface area contributed by atoms with Crippen molar-refractivity contribution in [2.75, 3.05) is 19.7 Å². The van der Waals surface area contributed by atoms with Crippen molar-refractivity contribution in [1.29, 1.82) is 0 Å². The molecule has 6 nitrogen and oxygen atoms in total. The lowest BCUT2D eigenvalue weighted by Crippen LogP contribution is -2.51. The smallest absolute Gasteiger partial charge is 0.274 e. The van der Waals surface area contributed by atoms with Crippen molar-refractivity contribution in [2.24, 2.45) is 5.92 Å². The Morgan fingerprint density at radius 2 is 1.76 bits per heavy atom. The highest BCUT2D eigenvalue weighted by Crippen LogP contribution is 2.55. The molecule has 2 aromatic heterocycles. The lowest BCUT2D eigenvalue weighted by atomic mass is 9.98. The lowest BCUT2D eigenvalue weighted by molar-refractivity contribution is 0.0358. The molecule has 1 aliphatic carbocycles. The fraction of sp³-hybridized carbons (Fsp3) is 0.281. The van der Waals surface area contributed by atoms with Gasteiger partial charge >= 0.3 is 0 Å². The van der Waals surface area contributed by atoms with Gasteiger partial charge in [-0.25, -0.2) is 13.2 Å². The Kier molecular flexibility index (Phi) is 7.19. The third-order valence-corrected chi connectivity index (χ3v) is 8.62. The molecule has 1 aliphatic heterocycles. The van der Waals surface area contributed by atoms with Gasteiger partial charge in [0.15, 0.2) is 5.82 Å². The predicted octanol–water partition coefficient (Wildman–Crippen LogP) is 5.92. The van der Waals surface area contributed by atoms with Gasteiger partial charge in [0.05, 0.1) is 11.3 Å². The summed E-state index contributed by atoms with van der Waals surface area (Å²) in [5.41, 5.74) is 0.856. The van der Waals surface area contributed by atoms with Crippen LogP contribution in [0.3, 0.4) is 0 Å². The summed E-state index contributed by atoms with van der Waals surface area (Å²) in [5.74, 6) is -2.72. The summed E-state index contributed by atoms with van der Waals surface area (Å²) in [5, 5.41) is 9.20. The minimum atomic E-state index is -0.924. The number of nitrogens with zero attached hydrogens (tertiary/aromatic N) is 3. The highest BCUT2D eigenvalue weighted by atomic mass is 35.5. The molecule has 0 bridgehead atoms. The first-order valence-electron chi connectivity index (χ1n) is 13.6. The van der Waals surface area contributed by atoms with E-state index < -0.39 is 23.1 Å². The van der Waals surface area contributed by atoms with Gasteiger partial charge < -0.3 is 10.0 Å². The normalized spacial score (nSPS) is 18.2. The minimum absolute atomic E-state index is 0.0311. The molecule has 1 N–H and O–H groups in total. The number of rotatable bonds is 6. The number of pyridine rings is 2. The first-order chi connectivity index (χ1) is 20.1. The van der Waals surface area contributed by atoms with E-state index in [9.17, 15) is 19.1 Å². The molecule has 2 atom stereocenters. The largest absolute Gasteiger partial charge is 0.396 e. The first-order valence-corrected chi connectivity index (χ1v) is 14.0. The van der Waals surface area contributed by atoms with E-state index in [4.69, 9.17) is 11.6 Å². The second-order valence-electron chi connectivity index (χ2n) is 11.1. The van der Waals surface area contributed by atoms with Crippen molar-refractivity contribution in [3.63, 3.8) is 0 Å². The molecule has 10 heteroatoms. The molecule has 2 aliphatic rings. The van der Waals surface area contributed by atoms with Crippen molar-refractivity contribution >= 4 is 17.5 Å². The summed E-state index contributed by atoms with van der Waals surface area (Å²) in [7, 11) is 0. The Morgan fingerprint density at radius 3 is 2.45 bits per heavy atom. The van der Waals surface area contributed by atoms with Gasteiger partial charge in [-0.2, -0.15) is 0 Å². The molecule has 0 radical (unpaired) electrons. The van der Waals surface area contributed by atoms with E-state index >= 15 is 8.78 Å². The van der Waals surface area contributed by atoms with E-state index in [1.54, 1.807) is 32.0 Å². The molecule has 4 aromatic rings. The van der Waals surface area contributed by atoms with Crippen LogP contribution in [-0.4, -0.2) is 45.2 Å². The van der Waals surface area contributed by atoms with Crippen LogP contribution >= 0.6 is 11.6 Å². The van der Waals surface area contributed by atoms with E-state index in [1.807, 2.05) is 0 Å². The maximum Gasteiger partial charge on any atom is 0.274 e. The van der Waals surface area contributed by atoms with Crippen LogP contribution in [0.1, 0.15) is 51.0 Å². The Balaban J connectivity index is 1.37. The zero-order valence-electron chi connectivity index (χ0n) is 22.9. The number of aryl methyl sites for hydroxylation is 2. The molecule has 1 amide bonds. The number of aliphatic hydroxyl groups is 1. The summed E-state index contributed by atoms with van der Waals surface area (Å²) in [6, 6.07) is 12.1. The van der Waals surface area contributed by atoms with Crippen molar-refractivity contribution in [3.8, 4) is 16.9 Å². The standard InChI is InChI=1S/C32H27ClF3N3O3/c1-16-12-37-29(21-4-3-5-22(27(21)35)31(41)38-13-18(14-38)15-40)28(36)30(16)39-17(2)10-25(26(33)32(39)42)24-11-23(24)19-6-8-20(34)9-7-19/h3-10,12,18,23-24,40H,11,13-15H2,1-2H3/t23?,24-/m1/s1. The number of carbonyl (C=O) groups excluding carboxylic acids is 1. The van der Waals surface area contributed by atoms with Gasteiger partial charge in [-0.3, -0.25) is 19.1 Å². The van der Waals surface area contributed by atoms with Crippen LogP contribution in [0, 0.1) is 37.2 Å². The van der Waals surface area contributed by atoms with Crippen LogP contribution < -0.4 is 5.56 Å². The van der Waals surface area contributed by atoms with E-state index in [2.05, 4.69) is 4.98 Å². The second kappa shape index (κ2) is 10.7. The monoisotopic (exact) mass is 593 g/mol. The Bertz CT molecular complexity index is 1780. The van der Waals surface area contributed by atoms with Crippen LogP contribution in [0.5, 0.6) is 0 Å². The molecule has 2 fully saturated rings. The maximum absolute atomic E-state index is 16.2. The van der Waals surface area contributed by atoms with E-state index in [-0.39, 0.29) is 57.7 Å². The third-order valence-electron chi connectivity index (χ3n) is 8.24. The second-order valence-corrected chi connectivity index (χ2v) is 11.5. The van der Waals surface area contributed by atoms with Gasteiger partial charge in [-0.15, -0.1) is 0 Å². The molecule has 1 saturated heterocycles. The molecule has 0 spiro atoms. The molecule has 1 saturated carbocycles. The predicted molar refractivity (Wildman–Crippen MR) is 153 cm³/mol. The first kappa shape index (κ1) is 28.2. The van der Waals surface area contributed by atoms with Gasteiger partial charge in [0.25, 0.3) is 11.5 Å². The number of halogens is 4. The van der Waals surface area contributed by atoms with Gasteiger partial charge in [0, 0.05) is 43.1 Å². The fourth-order valence-corrected chi connectivity index (χ4v) is 6.11. The van der Waals surface area contributed by atoms with E-state index in [1.165, 1.54) is 46.0 Å². The lowest BCUT2D eigenvalue weighted by Gasteiger charge is -2.38. The molecule has 3 heterocycles. The molecule has 42 heavy (non-hydrogen) atoms. The molecule has 6 rings (SSSR count). The average molecular weight is 594 g/mol. The van der Waals surface area contributed by atoms with Gasteiger partial charge in [0.2, 0.25) is 0 Å². The number of amides is 1. The summed E-state index contributed by atoms with van der Waals surface area (Å²) < 4.78 is 46.5. The average Bonchev–Trinajstić information content (AvgIpc) is 3.73. The van der Waals surface area contributed by atoms with Crippen molar-refractivity contribution in [3.05, 3.63) is 116 Å². The zero-order valence-corrected chi connectivity index (χ0v) is 23.6.